The van der Waals surface area contributed by atoms with Gasteiger partial charge in [-0.25, -0.2) is 0 Å². The van der Waals surface area contributed by atoms with Gasteiger partial charge >= 0.3 is 0 Å². The van der Waals surface area contributed by atoms with Crippen molar-refractivity contribution in [3.05, 3.63) is 29.8 Å². The molecule has 2 rings (SSSR count). The van der Waals surface area contributed by atoms with E-state index in [1.165, 1.54) is 18.7 Å². The number of Topliss-reactive ketones (excluding diaryl/α,β-unsaturated/α-hetero) is 1. The van der Waals surface area contributed by atoms with Gasteiger partial charge in [0.25, 0.3) is 0 Å². The number of carbonyl (C=O) groups excluding carboxylic acids is 2. The summed E-state index contributed by atoms with van der Waals surface area (Å²) in [5.74, 6) is 0.118. The number of rotatable bonds is 5. The van der Waals surface area contributed by atoms with E-state index >= 15 is 0 Å². The molecule has 0 atom stereocenters. The fourth-order valence-electron chi connectivity index (χ4n) is 1.67. The Morgan fingerprint density at radius 1 is 1.33 bits per heavy atom. The molecule has 1 amide bonds. The number of nitrogen functional groups attached to an aromatic ring is 1. The predicted molar refractivity (Wildman–Crippen MR) is 81.2 cm³/mol. The van der Waals surface area contributed by atoms with Crippen molar-refractivity contribution in [1.29, 1.82) is 0 Å². The van der Waals surface area contributed by atoms with Crippen LogP contribution in [0, 0.1) is 0 Å². The summed E-state index contributed by atoms with van der Waals surface area (Å²) < 4.78 is 1.60. The second kappa shape index (κ2) is 6.40. The van der Waals surface area contributed by atoms with Gasteiger partial charge in [0.1, 0.15) is 0 Å². The number of carbonyl (C=O) groups is 2. The lowest BCUT2D eigenvalue weighted by molar-refractivity contribution is -0.113. The van der Waals surface area contributed by atoms with Crippen LogP contribution in [-0.2, 0) is 11.8 Å². The Balaban J connectivity index is 1.99. The number of nitrogens with zero attached hydrogens (tertiary/aromatic N) is 3. The third kappa shape index (κ3) is 3.60. The Morgan fingerprint density at radius 3 is 2.67 bits per heavy atom. The molecule has 1 heterocycles. The van der Waals surface area contributed by atoms with E-state index < -0.39 is 0 Å². The molecule has 3 N–H and O–H groups in total. The van der Waals surface area contributed by atoms with Crippen molar-refractivity contribution in [1.82, 2.24) is 14.8 Å². The number of amides is 1. The molecule has 110 valence electrons. The summed E-state index contributed by atoms with van der Waals surface area (Å²) in [6, 6.07) is 6.89. The molecule has 7 nitrogen and oxygen atoms in total. The standard InChI is InChI=1S/C13H15N5O2S/c1-8(19)9-5-3-4-6-10(9)15-11(20)7-21-13-17-16-12(14)18(13)2/h3-6H,7H2,1-2H3,(H2,14,16)(H,15,20). The number of hydrogen-bond acceptors (Lipinski definition) is 6. The largest absolute Gasteiger partial charge is 0.368 e. The molecule has 21 heavy (non-hydrogen) atoms. The van der Waals surface area contributed by atoms with Gasteiger partial charge in [0.05, 0.1) is 11.4 Å². The van der Waals surface area contributed by atoms with Gasteiger partial charge < -0.3 is 11.1 Å². The molecule has 1 aromatic carbocycles. The Morgan fingerprint density at radius 2 is 2.05 bits per heavy atom. The van der Waals surface area contributed by atoms with Crippen LogP contribution in [0.4, 0.5) is 11.6 Å². The fourth-order valence-corrected chi connectivity index (χ4v) is 2.39. The maximum atomic E-state index is 11.9. The maximum absolute atomic E-state index is 11.9. The van der Waals surface area contributed by atoms with Crippen molar-refractivity contribution in [2.75, 3.05) is 16.8 Å². The topological polar surface area (TPSA) is 103 Å². The van der Waals surface area contributed by atoms with Crippen LogP contribution in [0.1, 0.15) is 17.3 Å². The zero-order chi connectivity index (χ0) is 15.4. The van der Waals surface area contributed by atoms with E-state index in [-0.39, 0.29) is 17.4 Å². The SMILES string of the molecule is CC(=O)c1ccccc1NC(=O)CSc1nnc(N)n1C. The number of nitrogens with one attached hydrogen (secondary N) is 1. The Hall–Kier alpha value is -2.35. The number of para-hydroxylation sites is 1. The number of hydrogen-bond donors (Lipinski definition) is 2. The first-order chi connectivity index (χ1) is 9.99. The van der Waals surface area contributed by atoms with Crippen LogP contribution in [0.25, 0.3) is 0 Å². The molecule has 0 fully saturated rings. The Labute approximate surface area is 125 Å². The molecule has 8 heteroatoms. The van der Waals surface area contributed by atoms with E-state index in [2.05, 4.69) is 15.5 Å². The molecule has 0 spiro atoms. The van der Waals surface area contributed by atoms with Gasteiger partial charge in [-0.3, -0.25) is 14.2 Å². The van der Waals surface area contributed by atoms with Gasteiger partial charge in [0.15, 0.2) is 10.9 Å². The monoisotopic (exact) mass is 305 g/mol. The highest BCUT2D eigenvalue weighted by atomic mass is 32.2. The average Bonchev–Trinajstić information content (AvgIpc) is 2.77. The number of aromatic nitrogens is 3. The molecule has 0 unspecified atom stereocenters. The minimum atomic E-state index is -0.227. The second-order valence-corrected chi connectivity index (χ2v) is 5.28. The number of nitrogens with two attached hydrogens (primary N) is 1. The van der Waals surface area contributed by atoms with Crippen molar-refractivity contribution in [2.45, 2.75) is 12.1 Å². The van der Waals surface area contributed by atoms with E-state index in [9.17, 15) is 9.59 Å². The minimum Gasteiger partial charge on any atom is -0.368 e. The number of anilines is 2. The average molecular weight is 305 g/mol. The van der Waals surface area contributed by atoms with Gasteiger partial charge in [-0.05, 0) is 19.1 Å². The molecule has 0 saturated heterocycles. The first-order valence-corrected chi connectivity index (χ1v) is 7.15. The number of thioether (sulfide) groups is 1. The predicted octanol–water partition coefficient (Wildman–Crippen LogP) is 1.33. The van der Waals surface area contributed by atoms with Gasteiger partial charge in [-0.2, -0.15) is 0 Å². The normalized spacial score (nSPS) is 10.4. The quantitative estimate of drug-likeness (QED) is 0.638. The molecule has 0 saturated carbocycles. The Bertz CT molecular complexity index is 683. The highest BCUT2D eigenvalue weighted by Crippen LogP contribution is 2.19. The molecule has 0 aliphatic carbocycles. The highest BCUT2D eigenvalue weighted by Gasteiger charge is 2.12. The van der Waals surface area contributed by atoms with Crippen molar-refractivity contribution >= 4 is 35.1 Å². The summed E-state index contributed by atoms with van der Waals surface area (Å²) in [5, 5.41) is 10.8. The van der Waals surface area contributed by atoms with Gasteiger partial charge in [0, 0.05) is 12.6 Å². The zero-order valence-electron chi connectivity index (χ0n) is 11.7. The molecular formula is C13H15N5O2S. The lowest BCUT2D eigenvalue weighted by atomic mass is 10.1. The molecule has 0 aliphatic heterocycles. The molecular weight excluding hydrogens is 290 g/mol. The second-order valence-electron chi connectivity index (χ2n) is 4.34. The van der Waals surface area contributed by atoms with Gasteiger partial charge in [-0.1, -0.05) is 23.9 Å². The van der Waals surface area contributed by atoms with Crippen molar-refractivity contribution in [2.24, 2.45) is 7.05 Å². The first-order valence-electron chi connectivity index (χ1n) is 6.16. The molecule has 1 aromatic heterocycles. The van der Waals surface area contributed by atoms with E-state index in [1.54, 1.807) is 35.9 Å². The summed E-state index contributed by atoms with van der Waals surface area (Å²) in [4.78, 5) is 23.4. The number of benzene rings is 1. The van der Waals surface area contributed by atoms with E-state index in [4.69, 9.17) is 5.73 Å². The van der Waals surface area contributed by atoms with E-state index in [1.807, 2.05) is 0 Å². The van der Waals surface area contributed by atoms with Crippen LogP contribution in [0.2, 0.25) is 0 Å². The summed E-state index contributed by atoms with van der Waals surface area (Å²) >= 11 is 1.22. The first kappa shape index (κ1) is 15.0. The molecule has 0 radical (unpaired) electrons. The van der Waals surface area contributed by atoms with Crippen molar-refractivity contribution in [3.63, 3.8) is 0 Å². The van der Waals surface area contributed by atoms with Crippen LogP contribution in [-0.4, -0.2) is 32.2 Å². The van der Waals surface area contributed by atoms with Crippen LogP contribution >= 0.6 is 11.8 Å². The van der Waals surface area contributed by atoms with Gasteiger partial charge in [0.2, 0.25) is 11.9 Å². The molecule has 0 bridgehead atoms. The third-order valence-corrected chi connectivity index (χ3v) is 3.80. The highest BCUT2D eigenvalue weighted by molar-refractivity contribution is 7.99. The lowest BCUT2D eigenvalue weighted by Crippen LogP contribution is -2.16. The van der Waals surface area contributed by atoms with Crippen molar-refractivity contribution < 1.29 is 9.59 Å². The summed E-state index contributed by atoms with van der Waals surface area (Å²) in [7, 11) is 1.72. The van der Waals surface area contributed by atoms with Crippen LogP contribution in [0.5, 0.6) is 0 Å². The molecule has 0 aliphatic rings. The summed E-state index contributed by atoms with van der Waals surface area (Å²) in [5.41, 5.74) is 6.55. The lowest BCUT2D eigenvalue weighted by Gasteiger charge is -2.08. The van der Waals surface area contributed by atoms with Gasteiger partial charge in [-0.15, -0.1) is 10.2 Å². The van der Waals surface area contributed by atoms with Crippen LogP contribution in [0.3, 0.4) is 0 Å². The van der Waals surface area contributed by atoms with Crippen molar-refractivity contribution in [3.8, 4) is 0 Å². The van der Waals surface area contributed by atoms with Crippen LogP contribution < -0.4 is 11.1 Å². The minimum absolute atomic E-state index is 0.0976. The summed E-state index contributed by atoms with van der Waals surface area (Å²) in [6.07, 6.45) is 0. The summed E-state index contributed by atoms with van der Waals surface area (Å²) in [6.45, 7) is 1.46. The molecule has 2 aromatic rings. The Kier molecular flexibility index (Phi) is 4.59. The fraction of sp³-hybridized carbons (Fsp3) is 0.231. The van der Waals surface area contributed by atoms with E-state index in [0.29, 0.717) is 22.4 Å². The van der Waals surface area contributed by atoms with Crippen LogP contribution in [0.15, 0.2) is 29.4 Å². The van der Waals surface area contributed by atoms with E-state index in [0.717, 1.165) is 0 Å². The third-order valence-electron chi connectivity index (χ3n) is 2.78. The number of ketones is 1. The zero-order valence-corrected chi connectivity index (χ0v) is 12.5. The maximum Gasteiger partial charge on any atom is 0.234 e. The smallest absolute Gasteiger partial charge is 0.234 e.